The normalized spacial score (nSPS) is 12.1. The Hall–Kier alpha value is -2.60. The predicted molar refractivity (Wildman–Crippen MR) is 98.0 cm³/mol. The number of hydrogen-bond donors (Lipinski definition) is 1. The largest absolute Gasteiger partial charge is 0.361 e. The number of aromatic amines is 1. The molecule has 0 atom stereocenters. The number of nitrogens with zero attached hydrogens (tertiary/aromatic N) is 4. The van der Waals surface area contributed by atoms with Crippen LogP contribution in [0.2, 0.25) is 0 Å². The zero-order valence-corrected chi connectivity index (χ0v) is 14.3. The molecule has 0 saturated carbocycles. The summed E-state index contributed by atoms with van der Waals surface area (Å²) in [6.45, 7) is 4.88. The quantitative estimate of drug-likeness (QED) is 0.495. The van der Waals surface area contributed by atoms with E-state index in [1.807, 2.05) is 18.3 Å². The van der Waals surface area contributed by atoms with Crippen molar-refractivity contribution in [3.8, 4) is 0 Å². The third kappa shape index (κ3) is 2.69. The van der Waals surface area contributed by atoms with Crippen molar-refractivity contribution in [2.24, 2.45) is 10.2 Å². The second-order valence-corrected chi connectivity index (χ2v) is 7.04. The molecule has 1 aromatic carbocycles. The van der Waals surface area contributed by atoms with Crippen molar-refractivity contribution in [2.45, 2.75) is 26.3 Å². The summed E-state index contributed by atoms with van der Waals surface area (Å²) in [5, 5.41) is 10.9. The maximum atomic E-state index is 4.36. The Morgan fingerprint density at radius 3 is 2.92 bits per heavy atom. The SMILES string of the molecule is CC(C)c1cc2c(N=NCc3c[nH]c4ccccc34)ncnc2s1. The number of aromatic nitrogens is 3. The summed E-state index contributed by atoms with van der Waals surface area (Å²) in [5.41, 5.74) is 2.25. The number of fused-ring (bicyclic) bond motifs is 2. The molecule has 4 aromatic rings. The van der Waals surface area contributed by atoms with E-state index in [1.165, 1.54) is 10.3 Å². The van der Waals surface area contributed by atoms with Crippen LogP contribution in [0.4, 0.5) is 5.82 Å². The zero-order valence-electron chi connectivity index (χ0n) is 13.5. The Bertz CT molecular complexity index is 1030. The molecule has 3 aromatic heterocycles. The van der Waals surface area contributed by atoms with Gasteiger partial charge in [0, 0.05) is 27.5 Å². The number of H-pyrrole nitrogens is 1. The van der Waals surface area contributed by atoms with Crippen LogP contribution in [0.25, 0.3) is 21.1 Å². The van der Waals surface area contributed by atoms with Gasteiger partial charge in [-0.1, -0.05) is 32.0 Å². The van der Waals surface area contributed by atoms with Crippen molar-refractivity contribution in [1.29, 1.82) is 0 Å². The van der Waals surface area contributed by atoms with Gasteiger partial charge in [-0.2, -0.15) is 5.11 Å². The summed E-state index contributed by atoms with van der Waals surface area (Å²) in [6.07, 6.45) is 3.55. The van der Waals surface area contributed by atoms with Crippen molar-refractivity contribution >= 4 is 38.3 Å². The fourth-order valence-electron chi connectivity index (χ4n) is 2.67. The van der Waals surface area contributed by atoms with Crippen molar-refractivity contribution in [3.63, 3.8) is 0 Å². The average molecular weight is 335 g/mol. The molecule has 0 amide bonds. The maximum absolute atomic E-state index is 4.36. The van der Waals surface area contributed by atoms with Gasteiger partial charge in [-0.05, 0) is 18.1 Å². The first kappa shape index (κ1) is 15.0. The van der Waals surface area contributed by atoms with Gasteiger partial charge in [-0.25, -0.2) is 9.97 Å². The van der Waals surface area contributed by atoms with Crippen LogP contribution < -0.4 is 0 Å². The summed E-state index contributed by atoms with van der Waals surface area (Å²) < 4.78 is 0. The molecule has 0 saturated heterocycles. The van der Waals surface area contributed by atoms with Gasteiger partial charge in [-0.15, -0.1) is 16.5 Å². The zero-order chi connectivity index (χ0) is 16.5. The standard InChI is InChI=1S/C18H17N5S/c1-11(2)16-7-14-17(20-10-21-18(14)24-16)23-22-9-12-8-19-15-6-4-3-5-13(12)15/h3-8,10-11,19H,9H2,1-2H3. The summed E-state index contributed by atoms with van der Waals surface area (Å²) in [5.74, 6) is 1.11. The van der Waals surface area contributed by atoms with Crippen LogP contribution in [0.5, 0.6) is 0 Å². The minimum absolute atomic E-state index is 0.472. The van der Waals surface area contributed by atoms with Crippen LogP contribution in [-0.4, -0.2) is 15.0 Å². The summed E-state index contributed by atoms with van der Waals surface area (Å²) >= 11 is 1.69. The van der Waals surface area contributed by atoms with Crippen molar-refractivity contribution in [3.05, 3.63) is 53.3 Å². The van der Waals surface area contributed by atoms with Crippen LogP contribution in [-0.2, 0) is 6.54 Å². The monoisotopic (exact) mass is 335 g/mol. The van der Waals surface area contributed by atoms with Crippen LogP contribution in [0.1, 0.15) is 30.2 Å². The molecule has 0 aliphatic heterocycles. The first-order valence-corrected chi connectivity index (χ1v) is 8.71. The minimum Gasteiger partial charge on any atom is -0.361 e. The molecular weight excluding hydrogens is 318 g/mol. The van der Waals surface area contributed by atoms with Gasteiger partial charge in [-0.3, -0.25) is 0 Å². The topological polar surface area (TPSA) is 66.3 Å². The molecule has 4 rings (SSSR count). The van der Waals surface area contributed by atoms with E-state index in [4.69, 9.17) is 0 Å². The molecule has 0 aliphatic carbocycles. The fourth-order valence-corrected chi connectivity index (χ4v) is 3.66. The second kappa shape index (κ2) is 6.13. The molecule has 120 valence electrons. The molecule has 5 nitrogen and oxygen atoms in total. The Morgan fingerprint density at radius 1 is 1.17 bits per heavy atom. The van der Waals surface area contributed by atoms with Crippen molar-refractivity contribution in [2.75, 3.05) is 0 Å². The summed E-state index contributed by atoms with van der Waals surface area (Å²) in [7, 11) is 0. The predicted octanol–water partition coefficient (Wildman–Crippen LogP) is 5.58. The van der Waals surface area contributed by atoms with Crippen molar-refractivity contribution in [1.82, 2.24) is 15.0 Å². The Kier molecular flexibility index (Phi) is 3.82. The number of para-hydroxylation sites is 1. The van der Waals surface area contributed by atoms with Gasteiger partial charge in [0.2, 0.25) is 0 Å². The van der Waals surface area contributed by atoms with Crippen LogP contribution in [0.3, 0.4) is 0 Å². The van der Waals surface area contributed by atoms with E-state index in [1.54, 1.807) is 17.7 Å². The lowest BCUT2D eigenvalue weighted by molar-refractivity contribution is 0.890. The van der Waals surface area contributed by atoms with Gasteiger partial charge in [0.1, 0.15) is 11.2 Å². The molecule has 6 heteroatoms. The Balaban J connectivity index is 1.63. The minimum atomic E-state index is 0.472. The molecule has 0 fully saturated rings. The van der Waals surface area contributed by atoms with Crippen LogP contribution >= 0.6 is 11.3 Å². The van der Waals surface area contributed by atoms with E-state index in [0.717, 1.165) is 21.3 Å². The number of nitrogens with one attached hydrogen (secondary N) is 1. The molecule has 0 spiro atoms. The van der Waals surface area contributed by atoms with E-state index in [0.29, 0.717) is 18.3 Å². The number of rotatable bonds is 4. The molecule has 0 bridgehead atoms. The third-order valence-electron chi connectivity index (χ3n) is 3.98. The van der Waals surface area contributed by atoms with Gasteiger partial charge in [0.15, 0.2) is 5.82 Å². The third-order valence-corrected chi connectivity index (χ3v) is 5.32. The fraction of sp³-hybridized carbons (Fsp3) is 0.222. The smallest absolute Gasteiger partial charge is 0.185 e. The number of thiophene rings is 1. The molecule has 1 N–H and O–H groups in total. The summed E-state index contributed by atoms with van der Waals surface area (Å²) in [4.78, 5) is 14.1. The molecule has 24 heavy (non-hydrogen) atoms. The highest BCUT2D eigenvalue weighted by Gasteiger charge is 2.10. The Labute approximate surface area is 143 Å². The maximum Gasteiger partial charge on any atom is 0.185 e. The lowest BCUT2D eigenvalue weighted by Crippen LogP contribution is -1.80. The number of azo groups is 1. The molecule has 0 unspecified atom stereocenters. The first-order chi connectivity index (χ1) is 11.7. The lowest BCUT2D eigenvalue weighted by Gasteiger charge is -1.96. The second-order valence-electron chi connectivity index (χ2n) is 5.98. The molecule has 0 radical (unpaired) electrons. The first-order valence-electron chi connectivity index (χ1n) is 7.89. The number of benzene rings is 1. The van der Waals surface area contributed by atoms with E-state index >= 15 is 0 Å². The van der Waals surface area contributed by atoms with E-state index in [-0.39, 0.29) is 0 Å². The van der Waals surface area contributed by atoms with Gasteiger partial charge in [0.05, 0.1) is 11.9 Å². The van der Waals surface area contributed by atoms with Gasteiger partial charge in [0.25, 0.3) is 0 Å². The highest BCUT2D eigenvalue weighted by atomic mass is 32.1. The van der Waals surface area contributed by atoms with E-state index < -0.39 is 0 Å². The van der Waals surface area contributed by atoms with Gasteiger partial charge < -0.3 is 4.98 Å². The highest BCUT2D eigenvalue weighted by molar-refractivity contribution is 7.18. The van der Waals surface area contributed by atoms with Crippen LogP contribution in [0.15, 0.2) is 53.1 Å². The molecular formula is C18H17N5S. The lowest BCUT2D eigenvalue weighted by atomic mass is 10.2. The molecule has 0 aliphatic rings. The Morgan fingerprint density at radius 2 is 2.04 bits per heavy atom. The average Bonchev–Trinajstić information content (AvgIpc) is 3.20. The highest BCUT2D eigenvalue weighted by Crippen LogP contribution is 2.33. The van der Waals surface area contributed by atoms with Crippen LogP contribution in [0, 0.1) is 0 Å². The summed E-state index contributed by atoms with van der Waals surface area (Å²) in [6, 6.07) is 10.3. The molecule has 3 heterocycles. The van der Waals surface area contributed by atoms with E-state index in [9.17, 15) is 0 Å². The van der Waals surface area contributed by atoms with Crippen molar-refractivity contribution < 1.29 is 0 Å². The van der Waals surface area contributed by atoms with Gasteiger partial charge >= 0.3 is 0 Å². The van der Waals surface area contributed by atoms with E-state index in [2.05, 4.69) is 57.2 Å². The number of hydrogen-bond acceptors (Lipinski definition) is 5.